The summed E-state index contributed by atoms with van der Waals surface area (Å²) in [5.74, 6) is 0.958. The Balaban J connectivity index is 2.83. The maximum atomic E-state index is 12.4. The molecule has 0 saturated heterocycles. The third kappa shape index (κ3) is 4.24. The molecule has 7 heteroatoms. The molecule has 0 aliphatic heterocycles. The molecule has 1 aromatic heterocycles. The van der Waals surface area contributed by atoms with Gasteiger partial charge in [-0.25, -0.2) is 8.42 Å². The highest BCUT2D eigenvalue weighted by Gasteiger charge is 2.25. The molecule has 1 unspecified atom stereocenters. The van der Waals surface area contributed by atoms with Gasteiger partial charge in [0.2, 0.25) is 10.0 Å². The minimum atomic E-state index is -3.40. The van der Waals surface area contributed by atoms with Crippen molar-refractivity contribution in [3.63, 3.8) is 0 Å². The minimum Gasteiger partial charge on any atom is -0.363 e. The summed E-state index contributed by atoms with van der Waals surface area (Å²) in [5, 5.41) is 2.99. The molecule has 19 heavy (non-hydrogen) atoms. The molecule has 0 aromatic carbocycles. The number of aromatic nitrogens is 1. The second-order valence-corrected chi connectivity index (χ2v) is 7.53. The molecule has 2 N–H and O–H groups in total. The smallest absolute Gasteiger partial charge is 0.244 e. The lowest BCUT2D eigenvalue weighted by Gasteiger charge is -2.23. The molecular formula is C12H23N3O2S2. The van der Waals surface area contributed by atoms with Gasteiger partial charge >= 0.3 is 0 Å². The normalized spacial score (nSPS) is 13.9. The van der Waals surface area contributed by atoms with Gasteiger partial charge in [-0.2, -0.15) is 16.1 Å². The van der Waals surface area contributed by atoms with Crippen LogP contribution >= 0.6 is 11.8 Å². The summed E-state index contributed by atoms with van der Waals surface area (Å²) in [6.07, 6.45) is 4.43. The number of thioether (sulfide) groups is 1. The van der Waals surface area contributed by atoms with Gasteiger partial charge in [0.25, 0.3) is 0 Å². The topological polar surface area (TPSA) is 65.2 Å². The number of rotatable bonds is 8. The molecule has 0 aliphatic rings. The molecule has 1 atom stereocenters. The molecule has 0 amide bonds. The number of hydrogen-bond donors (Lipinski definition) is 2. The molecule has 0 bridgehead atoms. The van der Waals surface area contributed by atoms with Crippen LogP contribution in [0.15, 0.2) is 17.2 Å². The molecule has 1 aromatic rings. The van der Waals surface area contributed by atoms with Gasteiger partial charge < -0.3 is 10.3 Å². The van der Waals surface area contributed by atoms with Crippen LogP contribution in [0.25, 0.3) is 0 Å². The first-order valence-electron chi connectivity index (χ1n) is 6.22. The van der Waals surface area contributed by atoms with Gasteiger partial charge in [-0.1, -0.05) is 0 Å². The van der Waals surface area contributed by atoms with E-state index in [1.54, 1.807) is 31.1 Å². The Morgan fingerprint density at radius 3 is 2.79 bits per heavy atom. The monoisotopic (exact) mass is 305 g/mol. The van der Waals surface area contributed by atoms with Crippen molar-refractivity contribution >= 4 is 21.8 Å². The van der Waals surface area contributed by atoms with Crippen LogP contribution in [0.3, 0.4) is 0 Å². The number of sulfonamides is 1. The molecule has 0 saturated carbocycles. The fourth-order valence-corrected chi connectivity index (χ4v) is 3.72. The van der Waals surface area contributed by atoms with Gasteiger partial charge in [0, 0.05) is 31.5 Å². The number of hydrogen-bond acceptors (Lipinski definition) is 4. The maximum absolute atomic E-state index is 12.4. The maximum Gasteiger partial charge on any atom is 0.244 e. The summed E-state index contributed by atoms with van der Waals surface area (Å²) in [6, 6.07) is 1.68. The highest BCUT2D eigenvalue weighted by atomic mass is 32.2. The number of nitrogens with one attached hydrogen (secondary N) is 2. The summed E-state index contributed by atoms with van der Waals surface area (Å²) in [7, 11) is 0.0679. The van der Waals surface area contributed by atoms with Gasteiger partial charge in [0.1, 0.15) is 0 Å². The zero-order valence-electron chi connectivity index (χ0n) is 11.9. The van der Waals surface area contributed by atoms with Crippen LogP contribution in [0.1, 0.15) is 19.0 Å². The molecule has 5 nitrogen and oxygen atoms in total. The summed E-state index contributed by atoms with van der Waals surface area (Å²) in [5.41, 5.74) is 0.867. The first kappa shape index (κ1) is 16.6. The molecular weight excluding hydrogens is 282 g/mol. The molecule has 0 fully saturated rings. The van der Waals surface area contributed by atoms with E-state index in [4.69, 9.17) is 0 Å². The Morgan fingerprint density at radius 1 is 1.53 bits per heavy atom. The lowest BCUT2D eigenvalue weighted by Crippen LogP contribution is -2.35. The lowest BCUT2D eigenvalue weighted by atomic mass is 10.3. The third-order valence-electron chi connectivity index (χ3n) is 3.12. The van der Waals surface area contributed by atoms with E-state index < -0.39 is 10.0 Å². The third-order valence-corrected chi connectivity index (χ3v) is 5.71. The van der Waals surface area contributed by atoms with Gasteiger partial charge in [-0.05, 0) is 38.5 Å². The van der Waals surface area contributed by atoms with E-state index in [9.17, 15) is 8.42 Å². The van der Waals surface area contributed by atoms with Gasteiger partial charge in [-0.15, -0.1) is 0 Å². The van der Waals surface area contributed by atoms with E-state index >= 15 is 0 Å². The fourth-order valence-electron chi connectivity index (χ4n) is 1.73. The lowest BCUT2D eigenvalue weighted by molar-refractivity contribution is 0.382. The predicted octanol–water partition coefficient (Wildman–Crippen LogP) is 1.50. The van der Waals surface area contributed by atoms with Crippen molar-refractivity contribution in [3.8, 4) is 0 Å². The van der Waals surface area contributed by atoms with Crippen LogP contribution < -0.4 is 5.32 Å². The average Bonchev–Trinajstić information content (AvgIpc) is 2.84. The van der Waals surface area contributed by atoms with Crippen LogP contribution in [0.5, 0.6) is 0 Å². The van der Waals surface area contributed by atoms with E-state index in [-0.39, 0.29) is 6.04 Å². The van der Waals surface area contributed by atoms with Gasteiger partial charge in [-0.3, -0.25) is 0 Å². The van der Waals surface area contributed by atoms with Crippen LogP contribution in [0.2, 0.25) is 0 Å². The van der Waals surface area contributed by atoms with E-state index in [2.05, 4.69) is 10.3 Å². The standard InChI is InChI=1S/C12H23N3O2S2/c1-10(5-6-18-4)15(3)19(16,17)12-7-11(8-13-2)14-9-12/h7,9-10,13-14H,5-6,8H2,1-4H3. The predicted molar refractivity (Wildman–Crippen MR) is 81.0 cm³/mol. The van der Waals surface area contributed by atoms with Crippen molar-refractivity contribution in [2.45, 2.75) is 30.8 Å². The number of H-pyrrole nitrogens is 1. The van der Waals surface area contributed by atoms with Crippen LogP contribution in [-0.2, 0) is 16.6 Å². The van der Waals surface area contributed by atoms with Crippen molar-refractivity contribution < 1.29 is 8.42 Å². The molecule has 110 valence electrons. The quantitative estimate of drug-likeness (QED) is 0.764. The highest BCUT2D eigenvalue weighted by molar-refractivity contribution is 7.98. The first-order valence-corrected chi connectivity index (χ1v) is 9.05. The fraction of sp³-hybridized carbons (Fsp3) is 0.667. The molecule has 0 aliphatic carbocycles. The van der Waals surface area contributed by atoms with Crippen LogP contribution in [-0.4, -0.2) is 49.9 Å². The van der Waals surface area contributed by atoms with Crippen molar-refractivity contribution in [3.05, 3.63) is 18.0 Å². The summed E-state index contributed by atoms with van der Waals surface area (Å²) >= 11 is 1.73. The van der Waals surface area contributed by atoms with Crippen molar-refractivity contribution in [1.29, 1.82) is 0 Å². The Bertz CT molecular complexity index is 485. The summed E-state index contributed by atoms with van der Waals surface area (Å²) in [6.45, 7) is 2.57. The minimum absolute atomic E-state index is 0.0000927. The average molecular weight is 305 g/mol. The first-order chi connectivity index (χ1) is 8.93. The second kappa shape index (κ2) is 7.33. The van der Waals surface area contributed by atoms with Crippen molar-refractivity contribution in [2.75, 3.05) is 26.1 Å². The van der Waals surface area contributed by atoms with Gasteiger partial charge in [0.15, 0.2) is 0 Å². The molecule has 0 radical (unpaired) electrons. The zero-order chi connectivity index (χ0) is 14.5. The largest absolute Gasteiger partial charge is 0.363 e. The second-order valence-electron chi connectivity index (χ2n) is 4.54. The molecule has 0 spiro atoms. The molecule has 1 heterocycles. The number of aromatic amines is 1. The Morgan fingerprint density at radius 2 is 2.21 bits per heavy atom. The van der Waals surface area contributed by atoms with Crippen molar-refractivity contribution in [2.24, 2.45) is 0 Å². The van der Waals surface area contributed by atoms with Crippen LogP contribution in [0.4, 0.5) is 0 Å². The SMILES string of the molecule is CNCc1cc(S(=O)(=O)N(C)C(C)CCSC)c[nH]1. The number of nitrogens with zero attached hydrogens (tertiary/aromatic N) is 1. The van der Waals surface area contributed by atoms with E-state index in [1.165, 1.54) is 4.31 Å². The zero-order valence-corrected chi connectivity index (χ0v) is 13.6. The summed E-state index contributed by atoms with van der Waals surface area (Å²) in [4.78, 5) is 3.31. The van der Waals surface area contributed by atoms with Crippen LogP contribution in [0, 0.1) is 0 Å². The van der Waals surface area contributed by atoms with E-state index in [0.717, 1.165) is 17.9 Å². The van der Waals surface area contributed by atoms with E-state index in [0.29, 0.717) is 11.4 Å². The van der Waals surface area contributed by atoms with Gasteiger partial charge in [0.05, 0.1) is 4.90 Å². The Labute approximate surface area is 120 Å². The van der Waals surface area contributed by atoms with E-state index in [1.807, 2.05) is 20.2 Å². The highest BCUT2D eigenvalue weighted by Crippen LogP contribution is 2.19. The Kier molecular flexibility index (Phi) is 6.38. The van der Waals surface area contributed by atoms with Crippen molar-refractivity contribution in [1.82, 2.24) is 14.6 Å². The summed E-state index contributed by atoms with van der Waals surface area (Å²) < 4.78 is 26.3. The Hall–Kier alpha value is -0.500. The molecule has 1 rings (SSSR count).